The molecule has 2 aromatic carbocycles. The molecule has 0 aliphatic carbocycles. The minimum atomic E-state index is -0.613. The van der Waals surface area contributed by atoms with Crippen molar-refractivity contribution < 1.29 is 19.4 Å². The molecule has 0 unspecified atom stereocenters. The smallest absolute Gasteiger partial charge is 0.306 e. The van der Waals surface area contributed by atoms with Crippen molar-refractivity contribution in [2.75, 3.05) is 6.61 Å². The molecule has 3 aromatic rings. The first-order valence-corrected chi connectivity index (χ1v) is 12.2. The molecule has 1 heterocycles. The maximum Gasteiger partial charge on any atom is 0.306 e. The Kier molecular flexibility index (Phi) is 7.60. The lowest BCUT2D eigenvalue weighted by atomic mass is 9.84. The highest BCUT2D eigenvalue weighted by molar-refractivity contribution is 5.74. The number of carbonyl (C=O) groups is 1. The van der Waals surface area contributed by atoms with E-state index in [9.17, 15) is 9.90 Å². The van der Waals surface area contributed by atoms with E-state index >= 15 is 0 Å². The minimum Gasteiger partial charge on any atom is -0.505 e. The summed E-state index contributed by atoms with van der Waals surface area (Å²) in [6, 6.07) is 11.4. The number of aryl methyl sites for hydroxylation is 1. The molecule has 1 N–H and O–H groups in total. The van der Waals surface area contributed by atoms with Crippen molar-refractivity contribution in [3.8, 4) is 11.4 Å². The Balaban J connectivity index is 1.78. The molecule has 0 amide bonds. The third kappa shape index (κ3) is 7.28. The maximum absolute atomic E-state index is 12.7. The zero-order chi connectivity index (χ0) is 26.0. The van der Waals surface area contributed by atoms with E-state index in [-0.39, 0.29) is 29.2 Å². The van der Waals surface area contributed by atoms with Crippen LogP contribution in [0.1, 0.15) is 79.4 Å². The van der Waals surface area contributed by atoms with Crippen LogP contribution < -0.4 is 0 Å². The summed E-state index contributed by atoms with van der Waals surface area (Å²) in [6.45, 7) is 16.5. The van der Waals surface area contributed by atoms with Gasteiger partial charge in [0.1, 0.15) is 28.1 Å². The number of nitrogens with zero attached hydrogens (tertiary/aromatic N) is 3. The Morgan fingerprint density at radius 3 is 2.11 bits per heavy atom. The quantitative estimate of drug-likeness (QED) is 0.404. The second kappa shape index (κ2) is 9.97. The molecule has 35 heavy (non-hydrogen) atoms. The highest BCUT2D eigenvalue weighted by Gasteiger charge is 2.26. The van der Waals surface area contributed by atoms with Gasteiger partial charge in [0.25, 0.3) is 0 Å². The number of aromatic nitrogens is 3. The Hall–Kier alpha value is -2.93. The maximum atomic E-state index is 12.7. The fourth-order valence-electron chi connectivity index (χ4n) is 3.77. The number of aromatic hydroxyl groups is 1. The molecule has 1 aromatic heterocycles. The average molecular weight is 482 g/mol. The predicted octanol–water partition coefficient (Wildman–Crippen LogP) is 5.88. The van der Waals surface area contributed by atoms with Crippen LogP contribution in [0.2, 0.25) is 0 Å². The van der Waals surface area contributed by atoms with E-state index in [0.717, 1.165) is 22.2 Å². The highest BCUT2D eigenvalue weighted by atomic mass is 16.6. The molecule has 190 valence electrons. The van der Waals surface area contributed by atoms with Crippen LogP contribution in [0.5, 0.6) is 5.75 Å². The summed E-state index contributed by atoms with van der Waals surface area (Å²) in [4.78, 5) is 14.1. The molecule has 0 aliphatic heterocycles. The third-order valence-corrected chi connectivity index (χ3v) is 5.71. The second-order valence-corrected chi connectivity index (χ2v) is 11.7. The summed E-state index contributed by atoms with van der Waals surface area (Å²) in [5.41, 5.74) is 2.53. The summed E-state index contributed by atoms with van der Waals surface area (Å²) in [6.07, 6.45) is 1.32. The van der Waals surface area contributed by atoms with Crippen LogP contribution in [0.4, 0.5) is 0 Å². The fraction of sp³-hybridized carbons (Fsp3) is 0.536. The molecule has 0 saturated carbocycles. The van der Waals surface area contributed by atoms with E-state index in [4.69, 9.17) is 9.47 Å². The van der Waals surface area contributed by atoms with Crippen molar-refractivity contribution in [1.82, 2.24) is 15.0 Å². The largest absolute Gasteiger partial charge is 0.505 e. The monoisotopic (exact) mass is 481 g/mol. The van der Waals surface area contributed by atoms with Crippen molar-refractivity contribution in [3.63, 3.8) is 0 Å². The van der Waals surface area contributed by atoms with Crippen molar-refractivity contribution in [2.24, 2.45) is 0 Å². The number of hydrogen-bond acceptors (Lipinski definition) is 6. The second-order valence-electron chi connectivity index (χ2n) is 11.7. The third-order valence-electron chi connectivity index (χ3n) is 5.71. The van der Waals surface area contributed by atoms with Gasteiger partial charge < -0.3 is 14.6 Å². The van der Waals surface area contributed by atoms with Crippen molar-refractivity contribution in [2.45, 2.75) is 91.3 Å². The lowest BCUT2D eigenvalue weighted by molar-refractivity contribution is -0.158. The number of benzene rings is 2. The first kappa shape index (κ1) is 26.7. The summed E-state index contributed by atoms with van der Waals surface area (Å²) in [5.74, 6) is -0.121. The van der Waals surface area contributed by atoms with Gasteiger partial charge in [-0.2, -0.15) is 0 Å². The number of rotatable bonds is 8. The van der Waals surface area contributed by atoms with Crippen molar-refractivity contribution in [3.05, 3.63) is 47.5 Å². The molecular formula is C28H39N3O4. The molecule has 0 radical (unpaired) electrons. The molecular weight excluding hydrogens is 442 g/mol. The Morgan fingerprint density at radius 1 is 0.971 bits per heavy atom. The minimum absolute atomic E-state index is 0.143. The van der Waals surface area contributed by atoms with Crippen LogP contribution in [0.25, 0.3) is 16.7 Å². The topological polar surface area (TPSA) is 86.5 Å². The predicted molar refractivity (Wildman–Crippen MR) is 138 cm³/mol. The SMILES string of the molecule is CC(C)(C)OCCC(C)(C)OC(=O)CCc1cc(-n2nc3ccccc3n2)c(O)c(C(C)(C)C)c1. The van der Waals surface area contributed by atoms with Gasteiger partial charge in [0, 0.05) is 18.4 Å². The summed E-state index contributed by atoms with van der Waals surface area (Å²) >= 11 is 0. The number of esters is 1. The van der Waals surface area contributed by atoms with Crippen LogP contribution in [-0.2, 0) is 26.1 Å². The first-order chi connectivity index (χ1) is 16.1. The normalized spacial score (nSPS) is 12.8. The van der Waals surface area contributed by atoms with E-state index in [1.165, 1.54) is 4.80 Å². The van der Waals surface area contributed by atoms with E-state index in [0.29, 0.717) is 25.1 Å². The number of ether oxygens (including phenoxy) is 2. The zero-order valence-electron chi connectivity index (χ0n) is 22.3. The van der Waals surface area contributed by atoms with Crippen LogP contribution in [0.3, 0.4) is 0 Å². The van der Waals surface area contributed by atoms with E-state index < -0.39 is 5.60 Å². The zero-order valence-corrected chi connectivity index (χ0v) is 22.3. The van der Waals surface area contributed by atoms with Crippen LogP contribution in [0.15, 0.2) is 36.4 Å². The molecule has 7 heteroatoms. The molecule has 3 rings (SSSR count). The van der Waals surface area contributed by atoms with E-state index in [2.05, 4.69) is 10.2 Å². The van der Waals surface area contributed by atoms with Gasteiger partial charge in [0.15, 0.2) is 0 Å². The fourth-order valence-corrected chi connectivity index (χ4v) is 3.77. The molecule has 0 aliphatic rings. The number of hydrogen-bond donors (Lipinski definition) is 1. The summed E-state index contributed by atoms with van der Waals surface area (Å²) < 4.78 is 11.5. The van der Waals surface area contributed by atoms with Gasteiger partial charge in [0.2, 0.25) is 0 Å². The highest BCUT2D eigenvalue weighted by Crippen LogP contribution is 2.36. The van der Waals surface area contributed by atoms with Gasteiger partial charge in [-0.25, -0.2) is 0 Å². The molecule has 7 nitrogen and oxygen atoms in total. The number of fused-ring (bicyclic) bond motifs is 1. The van der Waals surface area contributed by atoms with Crippen molar-refractivity contribution >= 4 is 17.0 Å². The Labute approximate surface area is 208 Å². The number of phenolic OH excluding ortho intramolecular Hbond substituents is 1. The van der Waals surface area contributed by atoms with E-state index in [1.807, 2.05) is 91.8 Å². The standard InChI is InChI=1S/C28H39N3O4/c1-26(2,3)20-17-19(13-14-24(32)35-28(7,8)15-16-34-27(4,5)6)18-23(25(20)33)31-29-21-11-9-10-12-22(21)30-31/h9-12,17-18,33H,13-16H2,1-8H3. The molecule has 0 spiro atoms. The van der Waals surface area contributed by atoms with Crippen molar-refractivity contribution in [1.29, 1.82) is 0 Å². The number of phenols is 1. The summed E-state index contributed by atoms with van der Waals surface area (Å²) in [7, 11) is 0. The van der Waals surface area contributed by atoms with Crippen LogP contribution in [0, 0.1) is 0 Å². The molecule has 0 saturated heterocycles. The molecule has 0 bridgehead atoms. The van der Waals surface area contributed by atoms with Gasteiger partial charge in [-0.05, 0) is 70.2 Å². The molecule has 0 fully saturated rings. The van der Waals surface area contributed by atoms with E-state index in [1.54, 1.807) is 0 Å². The van der Waals surface area contributed by atoms with Crippen LogP contribution in [-0.4, -0.2) is 43.9 Å². The average Bonchev–Trinajstić information content (AvgIpc) is 3.14. The number of carbonyl (C=O) groups excluding carboxylic acids is 1. The van der Waals surface area contributed by atoms with Crippen LogP contribution >= 0.6 is 0 Å². The lowest BCUT2D eigenvalue weighted by Crippen LogP contribution is -2.31. The lowest BCUT2D eigenvalue weighted by Gasteiger charge is -2.27. The van der Waals surface area contributed by atoms with Gasteiger partial charge in [-0.15, -0.1) is 15.0 Å². The summed E-state index contributed by atoms with van der Waals surface area (Å²) in [5, 5.41) is 20.2. The van der Waals surface area contributed by atoms with Gasteiger partial charge >= 0.3 is 5.97 Å². The Bertz CT molecular complexity index is 1150. The van der Waals surface area contributed by atoms with Gasteiger partial charge in [0.05, 0.1) is 12.2 Å². The first-order valence-electron chi connectivity index (χ1n) is 12.2. The van der Waals surface area contributed by atoms with Gasteiger partial charge in [-0.3, -0.25) is 4.79 Å². The molecule has 0 atom stereocenters. The Morgan fingerprint density at radius 2 is 1.57 bits per heavy atom. The van der Waals surface area contributed by atoms with Gasteiger partial charge in [-0.1, -0.05) is 39.0 Å².